The van der Waals surface area contributed by atoms with Gasteiger partial charge in [-0.3, -0.25) is 0 Å². The Morgan fingerprint density at radius 2 is 2.05 bits per heavy atom. The van der Waals surface area contributed by atoms with Crippen LogP contribution in [0.1, 0.15) is 9.75 Å². The van der Waals surface area contributed by atoms with Gasteiger partial charge in [0.15, 0.2) is 0 Å². The lowest BCUT2D eigenvalue weighted by molar-refractivity contribution is 0.582. The molecule has 4 nitrogen and oxygen atoms in total. The fourth-order valence-electron chi connectivity index (χ4n) is 1.43. The monoisotopic (exact) mass is 380 g/mol. The summed E-state index contributed by atoms with van der Waals surface area (Å²) in [5, 5.41) is 0. The molecule has 0 aliphatic carbocycles. The van der Waals surface area contributed by atoms with Gasteiger partial charge < -0.3 is 5.73 Å². The van der Waals surface area contributed by atoms with Gasteiger partial charge in [0.25, 0.3) is 0 Å². The number of nitrogens with one attached hydrogen (secondary N) is 1. The van der Waals surface area contributed by atoms with Crippen LogP contribution in [0.3, 0.4) is 0 Å². The predicted octanol–water partition coefficient (Wildman–Crippen LogP) is 2.91. The van der Waals surface area contributed by atoms with E-state index < -0.39 is 10.0 Å². The summed E-state index contributed by atoms with van der Waals surface area (Å²) in [4.78, 5) is 1.68. The van der Waals surface area contributed by atoms with Crippen LogP contribution < -0.4 is 10.5 Å². The first kappa shape index (κ1) is 16.8. The van der Waals surface area contributed by atoms with E-state index in [9.17, 15) is 8.42 Å². The molecule has 0 spiro atoms. The van der Waals surface area contributed by atoms with Crippen LogP contribution in [0.2, 0.25) is 8.67 Å². The van der Waals surface area contributed by atoms with E-state index in [4.69, 9.17) is 28.9 Å². The Hall–Kier alpha value is -0.590. The second-order valence-corrected chi connectivity index (χ2v) is 8.97. The molecule has 0 atom stereocenters. The molecule has 0 saturated carbocycles. The maximum Gasteiger partial charge on any atom is 0.243 e. The number of nitrogens with two attached hydrogens (primary N) is 1. The average Bonchev–Trinajstić information content (AvgIpc) is 3.01. The molecule has 112 valence electrons. The first-order chi connectivity index (χ1) is 9.92. The molecule has 2 heterocycles. The molecule has 0 unspecified atom stereocenters. The molecule has 0 amide bonds. The summed E-state index contributed by atoms with van der Waals surface area (Å²) in [6.45, 7) is 0.457. The molecule has 0 radical (unpaired) electrons. The molecule has 0 aliphatic heterocycles. The van der Waals surface area contributed by atoms with Crippen LogP contribution in [0.5, 0.6) is 0 Å². The minimum atomic E-state index is -3.68. The van der Waals surface area contributed by atoms with E-state index in [0.29, 0.717) is 4.34 Å². The van der Waals surface area contributed by atoms with Gasteiger partial charge >= 0.3 is 0 Å². The number of sulfonamides is 1. The van der Waals surface area contributed by atoms with Gasteiger partial charge in [0.1, 0.15) is 9.23 Å². The Morgan fingerprint density at radius 1 is 1.29 bits per heavy atom. The quantitative estimate of drug-likeness (QED) is 0.800. The fourth-order valence-corrected chi connectivity index (χ4v) is 5.50. The van der Waals surface area contributed by atoms with Crippen LogP contribution in [-0.2, 0) is 16.6 Å². The maximum atomic E-state index is 12.1. The number of thiophene rings is 2. The Morgan fingerprint density at radius 3 is 2.67 bits per heavy atom. The van der Waals surface area contributed by atoms with Crippen molar-refractivity contribution >= 4 is 55.9 Å². The van der Waals surface area contributed by atoms with Crippen molar-refractivity contribution in [2.45, 2.75) is 11.4 Å². The summed E-state index contributed by atoms with van der Waals surface area (Å²) in [6, 6.07) is 4.98. The third-order valence-corrected chi connectivity index (χ3v) is 6.48. The van der Waals surface area contributed by atoms with Crippen molar-refractivity contribution in [3.8, 4) is 11.8 Å². The van der Waals surface area contributed by atoms with E-state index in [0.717, 1.165) is 21.1 Å². The van der Waals surface area contributed by atoms with E-state index in [2.05, 4.69) is 16.6 Å². The highest BCUT2D eigenvalue weighted by atomic mass is 35.5. The van der Waals surface area contributed by atoms with Crippen molar-refractivity contribution in [3.63, 3.8) is 0 Å². The zero-order chi connectivity index (χ0) is 15.5. The number of rotatable bonds is 4. The van der Waals surface area contributed by atoms with Gasteiger partial charge in [0, 0.05) is 11.4 Å². The molecule has 0 aliphatic rings. The highest BCUT2D eigenvalue weighted by molar-refractivity contribution is 7.89. The van der Waals surface area contributed by atoms with Crippen molar-refractivity contribution in [1.29, 1.82) is 0 Å². The number of hydrogen-bond acceptors (Lipinski definition) is 5. The van der Waals surface area contributed by atoms with Crippen molar-refractivity contribution in [2.75, 3.05) is 6.54 Å². The molecule has 2 rings (SSSR count). The van der Waals surface area contributed by atoms with Crippen LogP contribution in [-0.4, -0.2) is 15.0 Å². The summed E-state index contributed by atoms with van der Waals surface area (Å²) in [5.41, 5.74) is 5.30. The average molecular weight is 381 g/mol. The van der Waals surface area contributed by atoms with E-state index >= 15 is 0 Å². The van der Waals surface area contributed by atoms with E-state index in [1.807, 2.05) is 12.1 Å². The lowest BCUT2D eigenvalue weighted by Crippen LogP contribution is -2.22. The van der Waals surface area contributed by atoms with Crippen molar-refractivity contribution in [2.24, 2.45) is 5.73 Å². The lowest BCUT2D eigenvalue weighted by Gasteiger charge is -2.03. The molecule has 3 N–H and O–H groups in total. The summed E-state index contributed by atoms with van der Waals surface area (Å²) in [6.07, 6.45) is 0. The fraction of sp³-hybridized carbons (Fsp3) is 0.167. The summed E-state index contributed by atoms with van der Waals surface area (Å²) in [7, 11) is -3.68. The third-order valence-electron chi connectivity index (χ3n) is 2.33. The van der Waals surface area contributed by atoms with Crippen molar-refractivity contribution in [3.05, 3.63) is 36.6 Å². The van der Waals surface area contributed by atoms with E-state index in [1.165, 1.54) is 17.4 Å². The second-order valence-electron chi connectivity index (χ2n) is 3.78. The summed E-state index contributed by atoms with van der Waals surface area (Å²) in [5.74, 6) is 5.64. The molecule has 2 aromatic rings. The van der Waals surface area contributed by atoms with Gasteiger partial charge in [0.2, 0.25) is 10.0 Å². The van der Waals surface area contributed by atoms with Gasteiger partial charge in [-0.1, -0.05) is 35.0 Å². The van der Waals surface area contributed by atoms with Crippen LogP contribution in [0, 0.1) is 11.8 Å². The molecule has 21 heavy (non-hydrogen) atoms. The predicted molar refractivity (Wildman–Crippen MR) is 88.6 cm³/mol. The summed E-state index contributed by atoms with van der Waals surface area (Å²) < 4.78 is 27.2. The highest BCUT2D eigenvalue weighted by Gasteiger charge is 2.20. The van der Waals surface area contributed by atoms with Gasteiger partial charge in [-0.05, 0) is 18.2 Å². The standard InChI is InChI=1S/C12H10Cl2N2O2S3/c13-11-6-10(12(14)20-11)21(17,18)16-7-9-4-3-8(19-9)2-1-5-15/h3-4,6,16H,5,7,15H2. The third kappa shape index (κ3) is 4.44. The van der Waals surface area contributed by atoms with Gasteiger partial charge in [0.05, 0.1) is 15.8 Å². The van der Waals surface area contributed by atoms with E-state index in [1.54, 1.807) is 0 Å². The topological polar surface area (TPSA) is 72.2 Å². The minimum absolute atomic E-state index is 0.00105. The van der Waals surface area contributed by atoms with Crippen LogP contribution in [0.25, 0.3) is 0 Å². The smallest absolute Gasteiger partial charge is 0.243 e. The molecule has 0 aromatic carbocycles. The molecule has 0 fully saturated rings. The van der Waals surface area contributed by atoms with Gasteiger partial charge in [-0.15, -0.1) is 22.7 Å². The molecule has 0 bridgehead atoms. The first-order valence-electron chi connectivity index (χ1n) is 5.64. The Bertz CT molecular complexity index is 800. The highest BCUT2D eigenvalue weighted by Crippen LogP contribution is 2.34. The molecule has 0 saturated heterocycles. The Labute approximate surface area is 140 Å². The molecule has 2 aromatic heterocycles. The Kier molecular flexibility index (Phi) is 5.68. The van der Waals surface area contributed by atoms with Gasteiger partial charge in [-0.25, -0.2) is 13.1 Å². The zero-order valence-electron chi connectivity index (χ0n) is 10.5. The van der Waals surface area contributed by atoms with Crippen molar-refractivity contribution < 1.29 is 8.42 Å². The van der Waals surface area contributed by atoms with Crippen LogP contribution >= 0.6 is 45.9 Å². The van der Waals surface area contributed by atoms with Crippen LogP contribution in [0.4, 0.5) is 0 Å². The summed E-state index contributed by atoms with van der Waals surface area (Å²) >= 11 is 14.0. The van der Waals surface area contributed by atoms with Crippen LogP contribution in [0.15, 0.2) is 23.1 Å². The largest absolute Gasteiger partial charge is 0.320 e. The first-order valence-corrected chi connectivity index (χ1v) is 9.52. The Balaban J connectivity index is 2.08. The SMILES string of the molecule is NCC#Cc1ccc(CNS(=O)(=O)c2cc(Cl)sc2Cl)s1. The van der Waals surface area contributed by atoms with E-state index in [-0.39, 0.29) is 22.3 Å². The molecular weight excluding hydrogens is 371 g/mol. The molecular formula is C12H10Cl2N2O2S3. The maximum absolute atomic E-state index is 12.1. The number of halogens is 2. The lowest BCUT2D eigenvalue weighted by atomic mass is 10.4. The number of hydrogen-bond donors (Lipinski definition) is 2. The van der Waals surface area contributed by atoms with Crippen molar-refractivity contribution in [1.82, 2.24) is 4.72 Å². The minimum Gasteiger partial charge on any atom is -0.320 e. The zero-order valence-corrected chi connectivity index (χ0v) is 14.5. The van der Waals surface area contributed by atoms with Gasteiger partial charge in [-0.2, -0.15) is 0 Å². The molecule has 9 heteroatoms. The normalized spacial score (nSPS) is 11.2. The second kappa shape index (κ2) is 7.11.